The number of para-hydroxylation sites is 2. The molecule has 0 unspecified atom stereocenters. The maximum atomic E-state index is 14.1. The fourth-order valence-corrected chi connectivity index (χ4v) is 6.83. The number of carbonyl (C=O) groups excluding carboxylic acids is 2. The number of hydrogen-bond donors (Lipinski definition) is 4. The Hall–Kier alpha value is -5.90. The standard InChI is InChI=1S/C42H45N7O3/c1-41(2,3)52-40(51)46-42(4,5)39(50)45-36(23-30-25-44-35-20-11-9-18-33(30)35)38-48-47-37(22-21-28-24-43-34-19-10-8-17-32(28)34)49(38)26-29-15-12-14-27-13-6-7-16-31(27)29/h6-20,24-25,36,43-44H,21-23,26H2,1-5H3,(H,45,50)(H,46,51)/t36-/m1/s1. The zero-order valence-electron chi connectivity index (χ0n) is 30.3. The van der Waals surface area contributed by atoms with Crippen LogP contribution in [0.25, 0.3) is 32.6 Å². The van der Waals surface area contributed by atoms with Crippen LogP contribution in [-0.2, 0) is 35.3 Å². The van der Waals surface area contributed by atoms with E-state index in [0.29, 0.717) is 25.2 Å². The van der Waals surface area contributed by atoms with Gasteiger partial charge in [0.05, 0.1) is 12.6 Å². The smallest absolute Gasteiger partial charge is 0.408 e. The summed E-state index contributed by atoms with van der Waals surface area (Å²) in [5, 5.41) is 20.2. The van der Waals surface area contributed by atoms with Crippen LogP contribution in [-0.4, -0.2) is 47.9 Å². The van der Waals surface area contributed by atoms with Gasteiger partial charge in [0.2, 0.25) is 5.91 Å². The monoisotopic (exact) mass is 695 g/mol. The van der Waals surface area contributed by atoms with Gasteiger partial charge in [-0.2, -0.15) is 0 Å². The first-order chi connectivity index (χ1) is 24.9. The molecule has 0 fully saturated rings. The summed E-state index contributed by atoms with van der Waals surface area (Å²) in [4.78, 5) is 33.7. The third kappa shape index (κ3) is 7.42. The largest absolute Gasteiger partial charge is 0.444 e. The van der Waals surface area contributed by atoms with Crippen LogP contribution in [0.3, 0.4) is 0 Å². The highest BCUT2D eigenvalue weighted by Gasteiger charge is 2.35. The van der Waals surface area contributed by atoms with Gasteiger partial charge in [-0.1, -0.05) is 78.9 Å². The van der Waals surface area contributed by atoms with E-state index in [1.807, 2.05) is 36.5 Å². The highest BCUT2D eigenvalue weighted by molar-refractivity contribution is 5.90. The normalized spacial score (nSPS) is 12.7. The summed E-state index contributed by atoms with van der Waals surface area (Å²) in [6, 6.07) is 30.5. The van der Waals surface area contributed by atoms with E-state index in [-0.39, 0.29) is 5.91 Å². The van der Waals surface area contributed by atoms with Crippen molar-refractivity contribution >= 4 is 44.6 Å². The highest BCUT2D eigenvalue weighted by Crippen LogP contribution is 2.28. The summed E-state index contributed by atoms with van der Waals surface area (Å²) in [6.07, 6.45) is 5.21. The summed E-state index contributed by atoms with van der Waals surface area (Å²) in [5.74, 6) is 1.08. The van der Waals surface area contributed by atoms with Crippen LogP contribution >= 0.6 is 0 Å². The van der Waals surface area contributed by atoms with E-state index in [1.165, 1.54) is 10.9 Å². The second-order valence-corrected chi connectivity index (χ2v) is 14.9. The number of aromatic nitrogens is 5. The van der Waals surface area contributed by atoms with Crippen molar-refractivity contribution in [2.75, 3.05) is 0 Å². The Labute approximate surface area is 303 Å². The zero-order valence-corrected chi connectivity index (χ0v) is 30.3. The number of H-pyrrole nitrogens is 2. The number of ether oxygens (including phenoxy) is 1. The molecule has 7 aromatic rings. The highest BCUT2D eigenvalue weighted by atomic mass is 16.6. The van der Waals surface area contributed by atoms with Crippen LogP contribution in [0.15, 0.2) is 103 Å². The van der Waals surface area contributed by atoms with Gasteiger partial charge in [0, 0.05) is 47.0 Å². The minimum atomic E-state index is -1.29. The molecule has 0 radical (unpaired) electrons. The van der Waals surface area contributed by atoms with Crippen molar-refractivity contribution in [3.05, 3.63) is 132 Å². The van der Waals surface area contributed by atoms with Gasteiger partial charge in [0.1, 0.15) is 17.0 Å². The second kappa shape index (κ2) is 14.0. The molecule has 2 amide bonds. The molecule has 4 aromatic carbocycles. The lowest BCUT2D eigenvalue weighted by atomic mass is 10.00. The molecule has 0 saturated carbocycles. The number of rotatable bonds is 11. The maximum absolute atomic E-state index is 14.1. The maximum Gasteiger partial charge on any atom is 0.408 e. The van der Waals surface area contributed by atoms with Crippen LogP contribution < -0.4 is 10.6 Å². The fraction of sp³-hybridized carbons (Fsp3) is 0.286. The summed E-state index contributed by atoms with van der Waals surface area (Å²) in [5.41, 5.74) is 3.45. The Bertz CT molecular complexity index is 2370. The van der Waals surface area contributed by atoms with Crippen LogP contribution in [0, 0.1) is 0 Å². The molecule has 3 aromatic heterocycles. The molecule has 0 aliphatic rings. The lowest BCUT2D eigenvalue weighted by molar-refractivity contribution is -0.127. The number of hydrogen-bond acceptors (Lipinski definition) is 5. The van der Waals surface area contributed by atoms with Gasteiger partial charge in [-0.25, -0.2) is 4.79 Å². The van der Waals surface area contributed by atoms with E-state index in [0.717, 1.165) is 50.6 Å². The molecule has 52 heavy (non-hydrogen) atoms. The number of aryl methyl sites for hydroxylation is 2. The van der Waals surface area contributed by atoms with Crippen LogP contribution in [0.1, 0.15) is 69.0 Å². The van der Waals surface area contributed by atoms with Gasteiger partial charge in [-0.3, -0.25) is 4.79 Å². The lowest BCUT2D eigenvalue weighted by Gasteiger charge is -2.30. The average molecular weight is 696 g/mol. The molecule has 4 N–H and O–H groups in total. The van der Waals surface area contributed by atoms with Crippen molar-refractivity contribution in [3.8, 4) is 0 Å². The van der Waals surface area contributed by atoms with Crippen LogP contribution in [0.5, 0.6) is 0 Å². The summed E-state index contributed by atoms with van der Waals surface area (Å²) in [6.45, 7) is 9.21. The van der Waals surface area contributed by atoms with Crippen molar-refractivity contribution in [1.29, 1.82) is 0 Å². The Morgan fingerprint density at radius 1 is 0.731 bits per heavy atom. The molecule has 10 heteroatoms. The van der Waals surface area contributed by atoms with Crippen molar-refractivity contribution in [2.24, 2.45) is 0 Å². The number of fused-ring (bicyclic) bond motifs is 3. The van der Waals surface area contributed by atoms with Gasteiger partial charge >= 0.3 is 6.09 Å². The van der Waals surface area contributed by atoms with E-state index in [9.17, 15) is 9.59 Å². The van der Waals surface area contributed by atoms with E-state index < -0.39 is 23.3 Å². The predicted molar refractivity (Wildman–Crippen MR) is 205 cm³/mol. The number of alkyl carbamates (subject to hydrolysis) is 1. The van der Waals surface area contributed by atoms with Crippen molar-refractivity contribution < 1.29 is 14.3 Å². The zero-order chi connectivity index (χ0) is 36.5. The average Bonchev–Trinajstić information content (AvgIpc) is 3.83. The molecule has 0 spiro atoms. The molecular weight excluding hydrogens is 651 g/mol. The quantitative estimate of drug-likeness (QED) is 0.109. The van der Waals surface area contributed by atoms with Gasteiger partial charge in [0.25, 0.3) is 0 Å². The first kappa shape index (κ1) is 34.5. The summed E-state index contributed by atoms with van der Waals surface area (Å²) in [7, 11) is 0. The first-order valence-corrected chi connectivity index (χ1v) is 17.8. The lowest BCUT2D eigenvalue weighted by Crippen LogP contribution is -2.56. The molecule has 266 valence electrons. The van der Waals surface area contributed by atoms with Crippen molar-refractivity contribution in [1.82, 2.24) is 35.4 Å². The molecule has 1 atom stereocenters. The second-order valence-electron chi connectivity index (χ2n) is 14.9. The molecule has 3 heterocycles. The molecule has 7 rings (SSSR count). The summed E-state index contributed by atoms with van der Waals surface area (Å²) < 4.78 is 7.65. The van der Waals surface area contributed by atoms with Crippen LogP contribution in [0.2, 0.25) is 0 Å². The Kier molecular flexibility index (Phi) is 9.31. The molecule has 0 bridgehead atoms. The van der Waals surface area contributed by atoms with E-state index in [1.54, 1.807) is 34.6 Å². The van der Waals surface area contributed by atoms with Crippen molar-refractivity contribution in [3.63, 3.8) is 0 Å². The number of nitrogens with zero attached hydrogens (tertiary/aromatic N) is 3. The van der Waals surface area contributed by atoms with Gasteiger partial charge in [-0.05, 0) is 80.6 Å². The van der Waals surface area contributed by atoms with Gasteiger partial charge < -0.3 is 29.9 Å². The number of nitrogens with one attached hydrogen (secondary N) is 4. The Morgan fingerprint density at radius 3 is 2.06 bits per heavy atom. The SMILES string of the molecule is CC(C)(C)OC(=O)NC(C)(C)C(=O)N[C@H](Cc1c[nH]c2ccccc12)c1nnc(CCc2c[nH]c3ccccc23)n1Cc1cccc2ccccc12. The first-order valence-electron chi connectivity index (χ1n) is 17.8. The van der Waals surface area contributed by atoms with Gasteiger partial charge in [-0.15, -0.1) is 10.2 Å². The topological polar surface area (TPSA) is 130 Å². The minimum Gasteiger partial charge on any atom is -0.444 e. The Morgan fingerprint density at radius 2 is 1.35 bits per heavy atom. The number of amides is 2. The number of benzene rings is 4. The summed E-state index contributed by atoms with van der Waals surface area (Å²) >= 11 is 0. The molecule has 0 aliphatic heterocycles. The van der Waals surface area contributed by atoms with E-state index in [2.05, 4.69) is 92.0 Å². The molecule has 10 nitrogen and oxygen atoms in total. The predicted octanol–water partition coefficient (Wildman–Crippen LogP) is 7.93. The van der Waals surface area contributed by atoms with E-state index >= 15 is 0 Å². The molecule has 0 aliphatic carbocycles. The molecular formula is C42H45N7O3. The number of aromatic amines is 2. The van der Waals surface area contributed by atoms with E-state index in [4.69, 9.17) is 14.9 Å². The third-order valence-electron chi connectivity index (χ3n) is 9.45. The van der Waals surface area contributed by atoms with Gasteiger partial charge in [0.15, 0.2) is 5.82 Å². The van der Waals surface area contributed by atoms with Crippen molar-refractivity contribution in [2.45, 2.75) is 77.6 Å². The third-order valence-corrected chi connectivity index (χ3v) is 9.45. The minimum absolute atomic E-state index is 0.372. The fourth-order valence-electron chi connectivity index (χ4n) is 6.83. The Balaban J connectivity index is 1.28. The molecule has 0 saturated heterocycles. The van der Waals surface area contributed by atoms with Crippen LogP contribution in [0.4, 0.5) is 4.79 Å². The number of carbonyl (C=O) groups is 2.